The SMILES string of the molecule is COC(=O)C1CC(=O)N(c2nc3cccc(Br)n3n2)C1. The minimum atomic E-state index is -0.456. The highest BCUT2D eigenvalue weighted by molar-refractivity contribution is 9.10. The van der Waals surface area contributed by atoms with Gasteiger partial charge >= 0.3 is 5.97 Å². The van der Waals surface area contributed by atoms with Gasteiger partial charge in [0, 0.05) is 13.0 Å². The molecule has 104 valence electrons. The summed E-state index contributed by atoms with van der Waals surface area (Å²) in [6.07, 6.45) is 0.128. The first kappa shape index (κ1) is 13.0. The van der Waals surface area contributed by atoms with E-state index < -0.39 is 5.92 Å². The molecule has 0 N–H and O–H groups in total. The highest BCUT2D eigenvalue weighted by atomic mass is 79.9. The molecule has 1 atom stereocenters. The van der Waals surface area contributed by atoms with Gasteiger partial charge in [-0.05, 0) is 28.1 Å². The molecule has 0 spiro atoms. The van der Waals surface area contributed by atoms with E-state index in [1.165, 1.54) is 12.0 Å². The summed E-state index contributed by atoms with van der Waals surface area (Å²) in [5, 5.41) is 4.28. The number of aromatic nitrogens is 3. The second-order valence-corrected chi connectivity index (χ2v) is 5.27. The lowest BCUT2D eigenvalue weighted by atomic mass is 10.1. The predicted molar refractivity (Wildman–Crippen MR) is 73.2 cm³/mol. The van der Waals surface area contributed by atoms with Gasteiger partial charge in [-0.1, -0.05) is 6.07 Å². The van der Waals surface area contributed by atoms with E-state index in [-0.39, 0.29) is 24.8 Å². The Balaban J connectivity index is 1.93. The highest BCUT2D eigenvalue weighted by Gasteiger charge is 2.37. The summed E-state index contributed by atoms with van der Waals surface area (Å²) in [6, 6.07) is 5.45. The van der Waals surface area contributed by atoms with Crippen molar-refractivity contribution in [3.63, 3.8) is 0 Å². The molecule has 2 aromatic heterocycles. The molecule has 2 aromatic rings. The molecule has 0 bridgehead atoms. The topological polar surface area (TPSA) is 76.8 Å². The van der Waals surface area contributed by atoms with E-state index in [0.717, 1.165) is 4.60 Å². The molecule has 0 aliphatic carbocycles. The minimum Gasteiger partial charge on any atom is -0.469 e. The van der Waals surface area contributed by atoms with Gasteiger partial charge in [0.05, 0.1) is 13.0 Å². The molecule has 3 rings (SSSR count). The van der Waals surface area contributed by atoms with Crippen molar-refractivity contribution in [2.45, 2.75) is 6.42 Å². The molecule has 8 heteroatoms. The Bertz CT molecular complexity index is 699. The Hall–Kier alpha value is -1.96. The van der Waals surface area contributed by atoms with E-state index >= 15 is 0 Å². The van der Waals surface area contributed by atoms with Gasteiger partial charge in [0.15, 0.2) is 5.65 Å². The van der Waals surface area contributed by atoms with Gasteiger partial charge in [-0.15, -0.1) is 5.10 Å². The van der Waals surface area contributed by atoms with E-state index in [9.17, 15) is 9.59 Å². The summed E-state index contributed by atoms with van der Waals surface area (Å²) in [5.41, 5.74) is 0.628. The number of hydrogen-bond donors (Lipinski definition) is 0. The van der Waals surface area contributed by atoms with Crippen LogP contribution in [0.1, 0.15) is 6.42 Å². The van der Waals surface area contributed by atoms with Crippen molar-refractivity contribution in [2.75, 3.05) is 18.6 Å². The van der Waals surface area contributed by atoms with Crippen molar-refractivity contribution < 1.29 is 14.3 Å². The van der Waals surface area contributed by atoms with Crippen molar-refractivity contribution in [1.82, 2.24) is 14.6 Å². The lowest BCUT2D eigenvalue weighted by molar-refractivity contribution is -0.145. The summed E-state index contributed by atoms with van der Waals surface area (Å²) in [7, 11) is 1.32. The first-order valence-corrected chi connectivity index (χ1v) is 6.79. The number of halogens is 1. The van der Waals surface area contributed by atoms with Crippen LogP contribution >= 0.6 is 15.9 Å². The molecule has 1 fully saturated rings. The number of carbonyl (C=O) groups is 2. The van der Waals surface area contributed by atoms with E-state index in [0.29, 0.717) is 11.6 Å². The summed E-state index contributed by atoms with van der Waals surface area (Å²) in [4.78, 5) is 29.2. The highest BCUT2D eigenvalue weighted by Crippen LogP contribution is 2.24. The number of amides is 1. The molecule has 3 heterocycles. The second kappa shape index (κ2) is 4.86. The Morgan fingerprint density at radius 3 is 3.00 bits per heavy atom. The van der Waals surface area contributed by atoms with Crippen LogP contribution in [0.4, 0.5) is 5.95 Å². The van der Waals surface area contributed by atoms with Crippen LogP contribution in [0, 0.1) is 5.92 Å². The molecule has 1 saturated heterocycles. The lowest BCUT2D eigenvalue weighted by Gasteiger charge is -2.10. The molecule has 1 aliphatic rings. The molecular formula is C12H11BrN4O3. The third-order valence-corrected chi connectivity index (χ3v) is 3.80. The molecule has 1 amide bonds. The quantitative estimate of drug-likeness (QED) is 0.603. The number of carbonyl (C=O) groups excluding carboxylic acids is 2. The number of esters is 1. The van der Waals surface area contributed by atoms with E-state index in [1.54, 1.807) is 10.6 Å². The molecular weight excluding hydrogens is 328 g/mol. The fraction of sp³-hybridized carbons (Fsp3) is 0.333. The van der Waals surface area contributed by atoms with Gasteiger partial charge in [-0.2, -0.15) is 4.98 Å². The first-order chi connectivity index (χ1) is 9.60. The molecule has 7 nitrogen and oxygen atoms in total. The van der Waals surface area contributed by atoms with E-state index in [2.05, 4.69) is 30.7 Å². The fourth-order valence-corrected chi connectivity index (χ4v) is 2.62. The minimum absolute atomic E-state index is 0.128. The molecule has 1 unspecified atom stereocenters. The summed E-state index contributed by atoms with van der Waals surface area (Å²) >= 11 is 3.36. The molecule has 1 aliphatic heterocycles. The third kappa shape index (κ3) is 2.05. The Kier molecular flexibility index (Phi) is 3.17. The van der Waals surface area contributed by atoms with Crippen molar-refractivity contribution in [1.29, 1.82) is 0 Å². The van der Waals surface area contributed by atoms with Crippen LogP contribution in [0.25, 0.3) is 5.65 Å². The molecule has 0 aromatic carbocycles. The number of hydrogen-bond acceptors (Lipinski definition) is 5. The van der Waals surface area contributed by atoms with E-state index in [1.807, 2.05) is 12.1 Å². The summed E-state index contributed by atoms with van der Waals surface area (Å²) in [5.74, 6) is -0.714. The Morgan fingerprint density at radius 1 is 1.50 bits per heavy atom. The Morgan fingerprint density at radius 2 is 2.30 bits per heavy atom. The van der Waals surface area contributed by atoms with Crippen LogP contribution in [-0.4, -0.2) is 40.1 Å². The maximum Gasteiger partial charge on any atom is 0.311 e. The molecule has 20 heavy (non-hydrogen) atoms. The van der Waals surface area contributed by atoms with Crippen LogP contribution in [0.5, 0.6) is 0 Å². The zero-order chi connectivity index (χ0) is 14.3. The number of pyridine rings is 1. The van der Waals surface area contributed by atoms with Crippen molar-refractivity contribution in [2.24, 2.45) is 5.92 Å². The standard InChI is InChI=1S/C12H11BrN4O3/c1-20-11(19)7-5-10(18)16(6-7)12-14-9-4-2-3-8(13)17(9)15-12/h2-4,7H,5-6H2,1H3. The largest absolute Gasteiger partial charge is 0.469 e. The van der Waals surface area contributed by atoms with Crippen molar-refractivity contribution in [3.8, 4) is 0 Å². The van der Waals surface area contributed by atoms with E-state index in [4.69, 9.17) is 0 Å². The number of nitrogens with zero attached hydrogens (tertiary/aromatic N) is 4. The molecule has 0 saturated carbocycles. The van der Waals surface area contributed by atoms with Crippen LogP contribution in [0.3, 0.4) is 0 Å². The second-order valence-electron chi connectivity index (χ2n) is 4.46. The van der Waals surface area contributed by atoms with Gasteiger partial charge in [-0.3, -0.25) is 14.5 Å². The van der Waals surface area contributed by atoms with Crippen LogP contribution in [-0.2, 0) is 14.3 Å². The average molecular weight is 339 g/mol. The normalized spacial score (nSPS) is 18.8. The van der Waals surface area contributed by atoms with Gasteiger partial charge in [0.25, 0.3) is 5.95 Å². The maximum atomic E-state index is 12.0. The van der Waals surface area contributed by atoms with Crippen LogP contribution in [0.15, 0.2) is 22.8 Å². The number of fused-ring (bicyclic) bond motifs is 1. The number of anilines is 1. The first-order valence-electron chi connectivity index (χ1n) is 5.99. The number of methoxy groups -OCH3 is 1. The van der Waals surface area contributed by atoms with Gasteiger partial charge in [0.1, 0.15) is 4.60 Å². The summed E-state index contributed by atoms with van der Waals surface area (Å²) in [6.45, 7) is 0.250. The fourth-order valence-electron chi connectivity index (χ4n) is 2.20. The van der Waals surface area contributed by atoms with Gasteiger partial charge in [-0.25, -0.2) is 4.52 Å². The lowest BCUT2D eigenvalue weighted by Crippen LogP contribution is -2.27. The molecule has 0 radical (unpaired) electrons. The summed E-state index contributed by atoms with van der Waals surface area (Å²) < 4.78 is 7.01. The van der Waals surface area contributed by atoms with Crippen molar-refractivity contribution in [3.05, 3.63) is 22.8 Å². The zero-order valence-electron chi connectivity index (χ0n) is 10.6. The average Bonchev–Trinajstić information content (AvgIpc) is 3.02. The predicted octanol–water partition coefficient (Wildman–Crippen LogP) is 1.02. The van der Waals surface area contributed by atoms with Crippen LogP contribution < -0.4 is 4.90 Å². The smallest absolute Gasteiger partial charge is 0.311 e. The Labute approximate surface area is 122 Å². The monoisotopic (exact) mass is 338 g/mol. The van der Waals surface area contributed by atoms with Crippen LogP contribution in [0.2, 0.25) is 0 Å². The number of ether oxygens (including phenoxy) is 1. The number of rotatable bonds is 2. The third-order valence-electron chi connectivity index (χ3n) is 3.20. The van der Waals surface area contributed by atoms with Gasteiger partial charge in [0.2, 0.25) is 5.91 Å². The zero-order valence-corrected chi connectivity index (χ0v) is 12.2. The van der Waals surface area contributed by atoms with Crippen molar-refractivity contribution >= 4 is 39.4 Å². The maximum absolute atomic E-state index is 12.0. The van der Waals surface area contributed by atoms with Gasteiger partial charge < -0.3 is 4.74 Å².